The van der Waals surface area contributed by atoms with Crippen LogP contribution in [0.15, 0.2) is 18.2 Å². The van der Waals surface area contributed by atoms with E-state index in [1.54, 1.807) is 13.0 Å². The van der Waals surface area contributed by atoms with Crippen molar-refractivity contribution in [2.24, 2.45) is 0 Å². The number of nitriles is 1. The first-order valence-corrected chi connectivity index (χ1v) is 5.67. The lowest BCUT2D eigenvalue weighted by Gasteiger charge is -2.07. The molecular weight excluding hydrogens is 250 g/mol. The van der Waals surface area contributed by atoms with Gasteiger partial charge in [0.2, 0.25) is 0 Å². The summed E-state index contributed by atoms with van der Waals surface area (Å²) in [5.74, 6) is -0.380. The van der Waals surface area contributed by atoms with Crippen LogP contribution in [0, 0.1) is 21.4 Å². The van der Waals surface area contributed by atoms with E-state index in [-0.39, 0.29) is 35.9 Å². The molecule has 100 valence electrons. The van der Waals surface area contributed by atoms with Gasteiger partial charge in [-0.2, -0.15) is 5.26 Å². The van der Waals surface area contributed by atoms with Gasteiger partial charge in [-0.25, -0.2) is 0 Å². The Morgan fingerprint density at radius 1 is 1.58 bits per heavy atom. The fourth-order valence-corrected chi connectivity index (χ4v) is 1.51. The molecule has 0 aliphatic carbocycles. The summed E-state index contributed by atoms with van der Waals surface area (Å²) in [4.78, 5) is 21.4. The summed E-state index contributed by atoms with van der Waals surface area (Å²) in [6.07, 6.45) is 0.0990. The van der Waals surface area contributed by atoms with Gasteiger partial charge >= 0.3 is 11.7 Å². The molecular formula is C12H13N3O4. The quantitative estimate of drug-likeness (QED) is 0.477. The van der Waals surface area contributed by atoms with Crippen LogP contribution >= 0.6 is 0 Å². The summed E-state index contributed by atoms with van der Waals surface area (Å²) >= 11 is 0. The van der Waals surface area contributed by atoms with Gasteiger partial charge in [0.15, 0.2) is 0 Å². The minimum Gasteiger partial charge on any atom is -0.466 e. The number of anilines is 1. The van der Waals surface area contributed by atoms with E-state index in [0.717, 1.165) is 0 Å². The molecule has 0 saturated carbocycles. The lowest BCUT2D eigenvalue weighted by atomic mass is 10.1. The molecule has 1 rings (SSSR count). The topological polar surface area (TPSA) is 105 Å². The van der Waals surface area contributed by atoms with Crippen LogP contribution in [0.5, 0.6) is 0 Å². The predicted molar refractivity (Wildman–Crippen MR) is 67.6 cm³/mol. The molecule has 0 radical (unpaired) electrons. The smallest absolute Gasteiger partial charge is 0.309 e. The third-order valence-corrected chi connectivity index (χ3v) is 2.29. The Balaban J connectivity index is 2.76. The van der Waals surface area contributed by atoms with E-state index in [4.69, 9.17) is 10.00 Å². The summed E-state index contributed by atoms with van der Waals surface area (Å²) in [5, 5.41) is 22.5. The minimum absolute atomic E-state index is 0.0221. The van der Waals surface area contributed by atoms with Crippen molar-refractivity contribution >= 4 is 17.3 Å². The third-order valence-electron chi connectivity index (χ3n) is 2.29. The highest BCUT2D eigenvalue weighted by Gasteiger charge is 2.19. The van der Waals surface area contributed by atoms with Crippen LogP contribution in [-0.2, 0) is 9.53 Å². The highest BCUT2D eigenvalue weighted by molar-refractivity contribution is 5.72. The molecule has 0 unspecified atom stereocenters. The number of carbonyl (C=O) groups excluding carboxylic acids is 1. The van der Waals surface area contributed by atoms with E-state index in [0.29, 0.717) is 6.61 Å². The van der Waals surface area contributed by atoms with Crippen molar-refractivity contribution in [1.82, 2.24) is 0 Å². The first-order valence-electron chi connectivity index (χ1n) is 5.67. The van der Waals surface area contributed by atoms with Crippen molar-refractivity contribution in [3.63, 3.8) is 0 Å². The fourth-order valence-electron chi connectivity index (χ4n) is 1.51. The van der Waals surface area contributed by atoms with E-state index in [2.05, 4.69) is 5.32 Å². The number of esters is 1. The second kappa shape index (κ2) is 6.96. The summed E-state index contributed by atoms with van der Waals surface area (Å²) in [6, 6.07) is 6.16. The molecule has 0 atom stereocenters. The minimum atomic E-state index is -0.620. The fraction of sp³-hybridized carbons (Fsp3) is 0.333. The van der Waals surface area contributed by atoms with Gasteiger partial charge in [0, 0.05) is 6.54 Å². The zero-order valence-electron chi connectivity index (χ0n) is 10.4. The zero-order valence-corrected chi connectivity index (χ0v) is 10.4. The molecule has 0 bridgehead atoms. The summed E-state index contributed by atoms with van der Waals surface area (Å²) in [7, 11) is 0. The normalized spacial score (nSPS) is 9.47. The van der Waals surface area contributed by atoms with Crippen molar-refractivity contribution < 1.29 is 14.5 Å². The van der Waals surface area contributed by atoms with Gasteiger partial charge in [0.25, 0.3) is 0 Å². The summed E-state index contributed by atoms with van der Waals surface area (Å²) in [6.45, 7) is 2.20. The predicted octanol–water partition coefficient (Wildman–Crippen LogP) is 1.83. The molecule has 19 heavy (non-hydrogen) atoms. The lowest BCUT2D eigenvalue weighted by molar-refractivity contribution is -0.384. The molecule has 0 spiro atoms. The Morgan fingerprint density at radius 3 is 2.89 bits per heavy atom. The van der Waals surface area contributed by atoms with E-state index in [1.807, 2.05) is 0 Å². The maximum atomic E-state index is 11.1. The van der Waals surface area contributed by atoms with Crippen LogP contribution in [0.2, 0.25) is 0 Å². The molecule has 1 aromatic rings. The third kappa shape index (κ3) is 3.96. The van der Waals surface area contributed by atoms with Crippen molar-refractivity contribution in [2.75, 3.05) is 18.5 Å². The average molecular weight is 263 g/mol. The number of ether oxygens (including phenoxy) is 1. The highest BCUT2D eigenvalue weighted by Crippen LogP contribution is 2.27. The van der Waals surface area contributed by atoms with Crippen LogP contribution < -0.4 is 5.32 Å². The first kappa shape index (κ1) is 14.4. The molecule has 0 aliphatic rings. The molecule has 0 aromatic heterocycles. The van der Waals surface area contributed by atoms with Gasteiger partial charge < -0.3 is 10.1 Å². The van der Waals surface area contributed by atoms with Gasteiger partial charge in [0.1, 0.15) is 17.3 Å². The number of hydrogen-bond acceptors (Lipinski definition) is 6. The Kier molecular flexibility index (Phi) is 5.29. The maximum absolute atomic E-state index is 11.1. The number of hydrogen-bond donors (Lipinski definition) is 1. The SMILES string of the molecule is CCOC(=O)CCNc1cccc(C#N)c1[N+](=O)[O-]. The monoisotopic (exact) mass is 263 g/mol. The molecule has 0 aliphatic heterocycles. The van der Waals surface area contributed by atoms with Crippen molar-refractivity contribution in [1.29, 1.82) is 5.26 Å². The van der Waals surface area contributed by atoms with Crippen LogP contribution in [0.25, 0.3) is 0 Å². The maximum Gasteiger partial charge on any atom is 0.309 e. The molecule has 7 heteroatoms. The first-order chi connectivity index (χ1) is 9.10. The van der Waals surface area contributed by atoms with Gasteiger partial charge in [-0.1, -0.05) is 6.07 Å². The number of rotatable bonds is 6. The number of benzene rings is 1. The molecule has 0 heterocycles. The molecule has 1 aromatic carbocycles. The second-order valence-electron chi connectivity index (χ2n) is 3.55. The van der Waals surface area contributed by atoms with Gasteiger partial charge in [0.05, 0.1) is 18.0 Å². The second-order valence-corrected chi connectivity index (χ2v) is 3.55. The van der Waals surface area contributed by atoms with Crippen molar-refractivity contribution in [2.45, 2.75) is 13.3 Å². The number of carbonyl (C=O) groups is 1. The Labute approximate surface area is 109 Å². The molecule has 7 nitrogen and oxygen atoms in total. The molecule has 0 fully saturated rings. The largest absolute Gasteiger partial charge is 0.466 e. The Bertz CT molecular complexity index is 522. The van der Waals surface area contributed by atoms with Crippen LogP contribution in [0.4, 0.5) is 11.4 Å². The lowest BCUT2D eigenvalue weighted by Crippen LogP contribution is -2.12. The summed E-state index contributed by atoms with van der Waals surface area (Å²) < 4.78 is 4.74. The standard InChI is InChI=1S/C12H13N3O4/c1-2-19-11(16)6-7-14-10-5-3-4-9(8-13)12(10)15(17)18/h3-5,14H,2,6-7H2,1H3. The van der Waals surface area contributed by atoms with E-state index in [1.165, 1.54) is 18.2 Å². The Morgan fingerprint density at radius 2 is 2.32 bits per heavy atom. The van der Waals surface area contributed by atoms with Gasteiger partial charge in [-0.3, -0.25) is 14.9 Å². The molecule has 0 amide bonds. The van der Waals surface area contributed by atoms with Crippen LogP contribution in [0.1, 0.15) is 18.9 Å². The van der Waals surface area contributed by atoms with E-state index >= 15 is 0 Å². The van der Waals surface area contributed by atoms with Gasteiger partial charge in [-0.05, 0) is 19.1 Å². The number of nitrogens with zero attached hydrogens (tertiary/aromatic N) is 2. The van der Waals surface area contributed by atoms with Crippen LogP contribution in [-0.4, -0.2) is 24.0 Å². The number of nitrogens with one attached hydrogen (secondary N) is 1. The van der Waals surface area contributed by atoms with E-state index < -0.39 is 4.92 Å². The summed E-state index contributed by atoms with van der Waals surface area (Å²) in [5.41, 5.74) is -0.0895. The van der Waals surface area contributed by atoms with Crippen molar-refractivity contribution in [3.8, 4) is 6.07 Å². The van der Waals surface area contributed by atoms with Gasteiger partial charge in [-0.15, -0.1) is 0 Å². The number of nitro groups is 1. The van der Waals surface area contributed by atoms with Crippen LogP contribution in [0.3, 0.4) is 0 Å². The highest BCUT2D eigenvalue weighted by atomic mass is 16.6. The molecule has 1 N–H and O–H groups in total. The average Bonchev–Trinajstić information content (AvgIpc) is 2.38. The number of para-hydroxylation sites is 1. The number of nitro benzene ring substituents is 1. The molecule has 0 saturated heterocycles. The van der Waals surface area contributed by atoms with Crippen molar-refractivity contribution in [3.05, 3.63) is 33.9 Å². The zero-order chi connectivity index (χ0) is 14.3. The van der Waals surface area contributed by atoms with E-state index in [9.17, 15) is 14.9 Å². The Hall–Kier alpha value is -2.62.